The van der Waals surface area contributed by atoms with E-state index in [1.54, 1.807) is 6.92 Å². The van der Waals surface area contributed by atoms with Crippen LogP contribution in [0.1, 0.15) is 45.4 Å². The summed E-state index contributed by atoms with van der Waals surface area (Å²) in [4.78, 5) is 33.3. The molecule has 0 saturated carbocycles. The number of aldehydes is 1. The van der Waals surface area contributed by atoms with Crippen LogP contribution >= 0.6 is 0 Å². The maximum absolute atomic E-state index is 11.4. The fourth-order valence-corrected chi connectivity index (χ4v) is 1.59. The molecule has 0 aromatic heterocycles. The monoisotopic (exact) mass is 285 g/mol. The second kappa shape index (κ2) is 12.6. The summed E-state index contributed by atoms with van der Waals surface area (Å²) in [6.45, 7) is 3.59. The average molecular weight is 285 g/mol. The molecular formula is C14H27N3O3. The molecule has 0 aliphatic rings. The molecule has 6 nitrogen and oxygen atoms in total. The quantitative estimate of drug-likeness (QED) is 0.356. The van der Waals surface area contributed by atoms with Crippen molar-refractivity contribution in [2.75, 3.05) is 19.6 Å². The SMILES string of the molecule is CC(C=O)CCNC(=O)CCC(=O)NCCCCCN. The lowest BCUT2D eigenvalue weighted by atomic mass is 10.1. The van der Waals surface area contributed by atoms with Crippen LogP contribution in [-0.4, -0.2) is 37.7 Å². The molecule has 0 aromatic rings. The Kier molecular flexibility index (Phi) is 11.7. The van der Waals surface area contributed by atoms with Crippen LogP contribution in [0.25, 0.3) is 0 Å². The third kappa shape index (κ3) is 11.6. The van der Waals surface area contributed by atoms with E-state index in [1.165, 1.54) is 0 Å². The third-order valence-electron chi connectivity index (χ3n) is 2.94. The van der Waals surface area contributed by atoms with E-state index in [-0.39, 0.29) is 30.6 Å². The second-order valence-electron chi connectivity index (χ2n) is 4.95. The van der Waals surface area contributed by atoms with Crippen molar-refractivity contribution in [1.29, 1.82) is 0 Å². The molecule has 0 bridgehead atoms. The van der Waals surface area contributed by atoms with Crippen molar-refractivity contribution >= 4 is 18.1 Å². The van der Waals surface area contributed by atoms with Crippen LogP contribution in [0.4, 0.5) is 0 Å². The van der Waals surface area contributed by atoms with Crippen molar-refractivity contribution < 1.29 is 14.4 Å². The summed E-state index contributed by atoms with van der Waals surface area (Å²) < 4.78 is 0. The predicted octanol–water partition coefficient (Wildman–Crippen LogP) is 0.353. The van der Waals surface area contributed by atoms with Crippen LogP contribution in [-0.2, 0) is 14.4 Å². The number of rotatable bonds is 12. The Morgan fingerprint density at radius 1 is 1.05 bits per heavy atom. The van der Waals surface area contributed by atoms with E-state index >= 15 is 0 Å². The van der Waals surface area contributed by atoms with Crippen molar-refractivity contribution in [3.63, 3.8) is 0 Å². The molecular weight excluding hydrogens is 258 g/mol. The number of nitrogens with two attached hydrogens (primary N) is 1. The first-order valence-electron chi connectivity index (χ1n) is 7.29. The average Bonchev–Trinajstić information content (AvgIpc) is 2.44. The smallest absolute Gasteiger partial charge is 0.220 e. The van der Waals surface area contributed by atoms with Gasteiger partial charge < -0.3 is 21.2 Å². The molecule has 0 fully saturated rings. The number of unbranched alkanes of at least 4 members (excludes halogenated alkanes) is 2. The number of nitrogens with one attached hydrogen (secondary N) is 2. The lowest BCUT2D eigenvalue weighted by Gasteiger charge is -2.07. The van der Waals surface area contributed by atoms with Gasteiger partial charge in [-0.15, -0.1) is 0 Å². The van der Waals surface area contributed by atoms with E-state index in [0.29, 0.717) is 26.1 Å². The van der Waals surface area contributed by atoms with E-state index in [2.05, 4.69) is 10.6 Å². The number of hydrogen-bond acceptors (Lipinski definition) is 4. The summed E-state index contributed by atoms with van der Waals surface area (Å²) in [6.07, 6.45) is 4.77. The molecule has 0 aliphatic heterocycles. The van der Waals surface area contributed by atoms with E-state index in [4.69, 9.17) is 5.73 Å². The molecule has 116 valence electrons. The fourth-order valence-electron chi connectivity index (χ4n) is 1.59. The van der Waals surface area contributed by atoms with E-state index in [1.807, 2.05) is 0 Å². The van der Waals surface area contributed by atoms with Crippen LogP contribution in [0.2, 0.25) is 0 Å². The van der Waals surface area contributed by atoms with Gasteiger partial charge in [0.2, 0.25) is 11.8 Å². The summed E-state index contributed by atoms with van der Waals surface area (Å²) in [5.74, 6) is -0.303. The number of carbonyl (C=O) groups excluding carboxylic acids is 3. The van der Waals surface area contributed by atoms with Gasteiger partial charge in [-0.1, -0.05) is 13.3 Å². The van der Waals surface area contributed by atoms with Crippen LogP contribution in [0.15, 0.2) is 0 Å². The van der Waals surface area contributed by atoms with Gasteiger partial charge in [-0.25, -0.2) is 0 Å². The summed E-state index contributed by atoms with van der Waals surface area (Å²) in [6, 6.07) is 0. The van der Waals surface area contributed by atoms with E-state index < -0.39 is 0 Å². The van der Waals surface area contributed by atoms with Crippen LogP contribution in [0.3, 0.4) is 0 Å². The van der Waals surface area contributed by atoms with Crippen LogP contribution < -0.4 is 16.4 Å². The molecule has 1 atom stereocenters. The summed E-state index contributed by atoms with van der Waals surface area (Å²) in [5, 5.41) is 5.47. The number of amides is 2. The van der Waals surface area contributed by atoms with Crippen molar-refractivity contribution in [2.24, 2.45) is 11.7 Å². The molecule has 0 saturated heterocycles. The largest absolute Gasteiger partial charge is 0.356 e. The Labute approximate surface area is 120 Å². The molecule has 1 unspecified atom stereocenters. The second-order valence-corrected chi connectivity index (χ2v) is 4.95. The zero-order valence-corrected chi connectivity index (χ0v) is 12.3. The Hall–Kier alpha value is -1.43. The van der Waals surface area contributed by atoms with Crippen molar-refractivity contribution in [3.05, 3.63) is 0 Å². The predicted molar refractivity (Wildman–Crippen MR) is 78.0 cm³/mol. The van der Waals surface area contributed by atoms with Crippen molar-refractivity contribution in [2.45, 2.75) is 45.4 Å². The molecule has 0 aromatic carbocycles. The molecule has 0 aliphatic carbocycles. The minimum atomic E-state index is -0.151. The molecule has 0 spiro atoms. The van der Waals surface area contributed by atoms with E-state index in [0.717, 1.165) is 25.5 Å². The maximum atomic E-state index is 11.4. The van der Waals surface area contributed by atoms with E-state index in [9.17, 15) is 14.4 Å². The standard InChI is InChI=1S/C14H27N3O3/c1-12(11-18)7-10-17-14(20)6-5-13(19)16-9-4-2-3-8-15/h11-12H,2-10,15H2,1H3,(H,16,19)(H,17,20). The summed E-state index contributed by atoms with van der Waals surface area (Å²) >= 11 is 0. The third-order valence-corrected chi connectivity index (χ3v) is 2.94. The first kappa shape index (κ1) is 18.6. The van der Waals surface area contributed by atoms with Gasteiger partial charge in [0.25, 0.3) is 0 Å². The summed E-state index contributed by atoms with van der Waals surface area (Å²) in [7, 11) is 0. The van der Waals surface area contributed by atoms with Crippen LogP contribution in [0.5, 0.6) is 0 Å². The minimum Gasteiger partial charge on any atom is -0.356 e. The van der Waals surface area contributed by atoms with Crippen molar-refractivity contribution in [1.82, 2.24) is 10.6 Å². The van der Waals surface area contributed by atoms with Gasteiger partial charge in [0.1, 0.15) is 6.29 Å². The van der Waals surface area contributed by atoms with Gasteiger partial charge in [-0.3, -0.25) is 9.59 Å². The van der Waals surface area contributed by atoms with Crippen LogP contribution in [0, 0.1) is 5.92 Å². The van der Waals surface area contributed by atoms with Gasteiger partial charge in [0, 0.05) is 31.8 Å². The van der Waals surface area contributed by atoms with Gasteiger partial charge in [-0.05, 0) is 25.8 Å². The van der Waals surface area contributed by atoms with Gasteiger partial charge >= 0.3 is 0 Å². The lowest BCUT2D eigenvalue weighted by Crippen LogP contribution is -2.29. The summed E-state index contributed by atoms with van der Waals surface area (Å²) in [5.41, 5.74) is 5.37. The molecule has 2 amide bonds. The molecule has 6 heteroatoms. The number of hydrogen-bond donors (Lipinski definition) is 3. The normalized spacial score (nSPS) is 11.7. The number of carbonyl (C=O) groups is 3. The zero-order chi connectivity index (χ0) is 15.2. The van der Waals surface area contributed by atoms with Gasteiger partial charge in [0.15, 0.2) is 0 Å². The Bertz CT molecular complexity index is 295. The molecule has 20 heavy (non-hydrogen) atoms. The first-order valence-corrected chi connectivity index (χ1v) is 7.29. The highest BCUT2D eigenvalue weighted by Gasteiger charge is 2.07. The lowest BCUT2D eigenvalue weighted by molar-refractivity contribution is -0.126. The molecule has 4 N–H and O–H groups in total. The van der Waals surface area contributed by atoms with Gasteiger partial charge in [0.05, 0.1) is 0 Å². The fraction of sp³-hybridized carbons (Fsp3) is 0.786. The Morgan fingerprint density at radius 3 is 2.20 bits per heavy atom. The molecule has 0 heterocycles. The highest BCUT2D eigenvalue weighted by atomic mass is 16.2. The molecule has 0 rings (SSSR count). The van der Waals surface area contributed by atoms with Crippen molar-refractivity contribution in [3.8, 4) is 0 Å². The Morgan fingerprint density at radius 2 is 1.65 bits per heavy atom. The highest BCUT2D eigenvalue weighted by Crippen LogP contribution is 1.96. The topological polar surface area (TPSA) is 101 Å². The minimum absolute atomic E-state index is 0.0490. The van der Waals surface area contributed by atoms with Gasteiger partial charge in [-0.2, -0.15) is 0 Å². The highest BCUT2D eigenvalue weighted by molar-refractivity contribution is 5.83. The molecule has 0 radical (unpaired) electrons. The first-order chi connectivity index (χ1) is 9.60. The Balaban J connectivity index is 3.48. The zero-order valence-electron chi connectivity index (χ0n) is 12.3. The maximum Gasteiger partial charge on any atom is 0.220 e.